The number of piperidine rings is 1. The van der Waals surface area contributed by atoms with E-state index in [1.54, 1.807) is 6.20 Å². The van der Waals surface area contributed by atoms with Gasteiger partial charge in [-0.2, -0.15) is 5.10 Å². The summed E-state index contributed by atoms with van der Waals surface area (Å²) < 4.78 is 13.0. The highest BCUT2D eigenvalue weighted by molar-refractivity contribution is 4.96. The van der Waals surface area contributed by atoms with Crippen molar-refractivity contribution in [1.29, 1.82) is 0 Å². The van der Waals surface area contributed by atoms with Gasteiger partial charge in [-0.05, 0) is 50.6 Å². The van der Waals surface area contributed by atoms with Gasteiger partial charge in [0.2, 0.25) is 0 Å². The first-order valence-corrected chi connectivity index (χ1v) is 6.98. The lowest BCUT2D eigenvalue weighted by Gasteiger charge is -2.44. The van der Waals surface area contributed by atoms with Gasteiger partial charge in [-0.3, -0.25) is 10.00 Å². The van der Waals surface area contributed by atoms with Crippen LogP contribution in [0, 0.1) is 12.8 Å². The van der Waals surface area contributed by atoms with Crippen molar-refractivity contribution in [3.8, 4) is 0 Å². The monoisotopic (exact) mass is 253 g/mol. The van der Waals surface area contributed by atoms with Gasteiger partial charge in [0.25, 0.3) is 0 Å². The molecule has 2 aliphatic rings. The number of hydrogen-bond donors (Lipinski definition) is 1. The number of aromatic amines is 1. The summed E-state index contributed by atoms with van der Waals surface area (Å²) in [6.07, 6.45) is 7.53. The highest BCUT2D eigenvalue weighted by atomic mass is 19.1. The summed E-state index contributed by atoms with van der Waals surface area (Å²) >= 11 is 0. The fourth-order valence-corrected chi connectivity index (χ4v) is 2.76. The van der Waals surface area contributed by atoms with Crippen molar-refractivity contribution in [2.75, 3.05) is 13.1 Å². The maximum absolute atomic E-state index is 13.0. The van der Waals surface area contributed by atoms with E-state index in [1.165, 1.54) is 18.4 Å². The Balaban J connectivity index is 0.000000169. The van der Waals surface area contributed by atoms with Gasteiger partial charge in [0, 0.05) is 18.8 Å². The van der Waals surface area contributed by atoms with E-state index in [9.17, 15) is 4.39 Å². The smallest absolute Gasteiger partial charge is 0.113 e. The average molecular weight is 253 g/mol. The van der Waals surface area contributed by atoms with E-state index >= 15 is 0 Å². The predicted octanol–water partition coefficient (Wildman–Crippen LogP) is 2.94. The Hall–Kier alpha value is -0.900. The summed E-state index contributed by atoms with van der Waals surface area (Å²) in [5, 5.41) is 6.38. The Bertz CT molecular complexity index is 333. The van der Waals surface area contributed by atoms with E-state index < -0.39 is 6.17 Å². The minimum atomic E-state index is -0.547. The number of H-pyrrole nitrogens is 1. The van der Waals surface area contributed by atoms with Gasteiger partial charge >= 0.3 is 0 Å². The van der Waals surface area contributed by atoms with E-state index in [0.717, 1.165) is 31.3 Å². The van der Waals surface area contributed by atoms with Gasteiger partial charge in [-0.15, -0.1) is 0 Å². The average Bonchev–Trinajstić information content (AvgIpc) is 2.77. The summed E-state index contributed by atoms with van der Waals surface area (Å²) in [6.45, 7) is 6.12. The predicted molar refractivity (Wildman–Crippen MR) is 71.2 cm³/mol. The molecule has 1 aromatic rings. The van der Waals surface area contributed by atoms with Gasteiger partial charge in [-0.25, -0.2) is 4.39 Å². The lowest BCUT2D eigenvalue weighted by Crippen LogP contribution is -2.49. The van der Waals surface area contributed by atoms with Crippen LogP contribution in [0.15, 0.2) is 12.4 Å². The van der Waals surface area contributed by atoms with E-state index in [4.69, 9.17) is 0 Å². The second-order valence-electron chi connectivity index (χ2n) is 5.74. The van der Waals surface area contributed by atoms with Crippen molar-refractivity contribution in [2.45, 2.75) is 51.7 Å². The number of nitrogens with one attached hydrogen (secondary N) is 1. The fourth-order valence-electron chi connectivity index (χ4n) is 2.76. The van der Waals surface area contributed by atoms with Gasteiger partial charge in [0.15, 0.2) is 0 Å². The van der Waals surface area contributed by atoms with Crippen LogP contribution < -0.4 is 0 Å². The number of hydrogen-bond acceptors (Lipinski definition) is 2. The molecule has 2 fully saturated rings. The number of aromatic nitrogens is 2. The third kappa shape index (κ3) is 3.80. The SMILES string of the molecule is CC1CC(N2CCC[C@@H](F)C2)C1.Cc1cn[nH]c1. The van der Waals surface area contributed by atoms with E-state index in [0.29, 0.717) is 6.54 Å². The molecule has 18 heavy (non-hydrogen) atoms. The topological polar surface area (TPSA) is 31.9 Å². The molecule has 1 atom stereocenters. The lowest BCUT2D eigenvalue weighted by molar-refractivity contribution is 0.0374. The number of aryl methyl sites for hydroxylation is 1. The molecule has 2 heterocycles. The summed E-state index contributed by atoms with van der Waals surface area (Å²) in [5.74, 6) is 0.884. The zero-order valence-corrected chi connectivity index (χ0v) is 11.4. The first-order valence-electron chi connectivity index (χ1n) is 6.98. The molecule has 4 heteroatoms. The number of alkyl halides is 1. The Labute approximate surface area is 109 Å². The summed E-state index contributed by atoms with van der Waals surface area (Å²) in [4.78, 5) is 2.36. The standard InChI is InChI=1S/C10H18FN.C4H6N2/c1-8-5-10(6-8)12-4-2-3-9(11)7-12;1-4-2-5-6-3-4/h8-10H,2-7H2,1H3;2-3H,1H3,(H,5,6)/t8?,9-,10?;/m1./s1. The Morgan fingerprint density at radius 3 is 2.67 bits per heavy atom. The van der Waals surface area contributed by atoms with E-state index in [1.807, 2.05) is 13.1 Å². The van der Waals surface area contributed by atoms with Crippen LogP contribution in [-0.4, -0.2) is 40.4 Å². The van der Waals surface area contributed by atoms with Crippen molar-refractivity contribution >= 4 is 0 Å². The first-order chi connectivity index (χ1) is 8.65. The maximum Gasteiger partial charge on any atom is 0.113 e. The van der Waals surface area contributed by atoms with E-state index in [-0.39, 0.29) is 0 Å². The van der Waals surface area contributed by atoms with Gasteiger partial charge in [0.1, 0.15) is 6.17 Å². The highest BCUT2D eigenvalue weighted by Crippen LogP contribution is 2.32. The van der Waals surface area contributed by atoms with Gasteiger partial charge in [0.05, 0.1) is 6.20 Å². The molecule has 1 N–H and O–H groups in total. The van der Waals surface area contributed by atoms with Crippen molar-refractivity contribution in [3.63, 3.8) is 0 Å². The summed E-state index contributed by atoms with van der Waals surface area (Å²) in [7, 11) is 0. The van der Waals surface area contributed by atoms with Crippen LogP contribution in [0.5, 0.6) is 0 Å². The van der Waals surface area contributed by atoms with Crippen molar-refractivity contribution in [2.24, 2.45) is 5.92 Å². The second-order valence-corrected chi connectivity index (χ2v) is 5.74. The minimum Gasteiger partial charge on any atom is -0.297 e. The van der Waals surface area contributed by atoms with Crippen molar-refractivity contribution in [1.82, 2.24) is 15.1 Å². The molecule has 1 aromatic heterocycles. The van der Waals surface area contributed by atoms with Gasteiger partial charge in [-0.1, -0.05) is 6.92 Å². The Morgan fingerprint density at radius 1 is 1.44 bits per heavy atom. The maximum atomic E-state index is 13.0. The molecule has 102 valence electrons. The zero-order chi connectivity index (χ0) is 13.0. The molecule has 3 rings (SSSR count). The zero-order valence-electron chi connectivity index (χ0n) is 11.4. The van der Waals surface area contributed by atoms with Crippen molar-refractivity contribution in [3.05, 3.63) is 18.0 Å². The lowest BCUT2D eigenvalue weighted by atomic mass is 9.80. The molecule has 0 radical (unpaired) electrons. The molecule has 0 aromatic carbocycles. The normalized spacial score (nSPS) is 32.3. The minimum absolute atomic E-state index is 0.547. The molecule has 0 bridgehead atoms. The summed E-state index contributed by atoms with van der Waals surface area (Å²) in [6, 6.07) is 0.721. The molecule has 1 aliphatic carbocycles. The quantitative estimate of drug-likeness (QED) is 0.834. The van der Waals surface area contributed by atoms with Crippen LogP contribution in [0.3, 0.4) is 0 Å². The third-order valence-corrected chi connectivity index (χ3v) is 3.90. The molecule has 1 aliphatic heterocycles. The molecule has 1 saturated heterocycles. The number of likely N-dealkylation sites (tertiary alicyclic amines) is 1. The van der Waals surface area contributed by atoms with Crippen LogP contribution in [0.25, 0.3) is 0 Å². The molecular weight excluding hydrogens is 229 g/mol. The Morgan fingerprint density at radius 2 is 2.22 bits per heavy atom. The van der Waals surface area contributed by atoms with Crippen LogP contribution in [0.2, 0.25) is 0 Å². The second kappa shape index (κ2) is 6.32. The molecule has 3 nitrogen and oxygen atoms in total. The highest BCUT2D eigenvalue weighted by Gasteiger charge is 2.33. The van der Waals surface area contributed by atoms with Crippen LogP contribution in [-0.2, 0) is 0 Å². The summed E-state index contributed by atoms with van der Waals surface area (Å²) in [5.41, 5.74) is 1.18. The third-order valence-electron chi connectivity index (χ3n) is 3.90. The molecule has 1 saturated carbocycles. The molecule has 0 unspecified atom stereocenters. The van der Waals surface area contributed by atoms with Gasteiger partial charge < -0.3 is 0 Å². The number of halogens is 1. The van der Waals surface area contributed by atoms with Crippen LogP contribution >= 0.6 is 0 Å². The molecular formula is C14H24FN3. The van der Waals surface area contributed by atoms with E-state index in [2.05, 4.69) is 22.0 Å². The van der Waals surface area contributed by atoms with Crippen LogP contribution in [0.4, 0.5) is 4.39 Å². The number of nitrogens with zero attached hydrogens (tertiary/aromatic N) is 2. The fraction of sp³-hybridized carbons (Fsp3) is 0.786. The Kier molecular flexibility index (Phi) is 4.75. The number of rotatable bonds is 1. The first kappa shape index (κ1) is 13.5. The molecule has 0 amide bonds. The van der Waals surface area contributed by atoms with Crippen LogP contribution in [0.1, 0.15) is 38.2 Å². The van der Waals surface area contributed by atoms with Crippen molar-refractivity contribution < 1.29 is 4.39 Å². The molecule has 0 spiro atoms. The largest absolute Gasteiger partial charge is 0.297 e.